The lowest BCUT2D eigenvalue weighted by Crippen LogP contribution is -2.31. The van der Waals surface area contributed by atoms with Crippen LogP contribution in [-0.2, 0) is 6.54 Å². The molecule has 0 unspecified atom stereocenters. The maximum absolute atomic E-state index is 4.28. The molecule has 3 heteroatoms. The third kappa shape index (κ3) is 2.53. The Balaban J connectivity index is 1.78. The van der Waals surface area contributed by atoms with Crippen LogP contribution in [0.15, 0.2) is 24.4 Å². The van der Waals surface area contributed by atoms with Gasteiger partial charge in [0.2, 0.25) is 0 Å². The summed E-state index contributed by atoms with van der Waals surface area (Å²) in [6, 6.07) is 6.69. The number of nitrogens with one attached hydrogen (secondary N) is 1. The lowest BCUT2D eigenvalue weighted by molar-refractivity contribution is 0.397. The first-order chi connectivity index (χ1) is 6.84. The van der Waals surface area contributed by atoms with E-state index in [2.05, 4.69) is 28.3 Å². The van der Waals surface area contributed by atoms with Crippen molar-refractivity contribution in [2.45, 2.75) is 19.0 Å². The zero-order chi connectivity index (χ0) is 9.80. The summed E-state index contributed by atoms with van der Waals surface area (Å²) in [4.78, 5) is 6.64. The lowest BCUT2D eigenvalue weighted by atomic mass is 10.2. The molecule has 0 saturated carbocycles. The molecule has 1 atom stereocenters. The number of aromatic nitrogens is 1. The number of rotatable bonds is 3. The molecule has 1 saturated heterocycles. The molecule has 0 amide bonds. The van der Waals surface area contributed by atoms with Gasteiger partial charge >= 0.3 is 0 Å². The maximum atomic E-state index is 4.28. The second kappa shape index (κ2) is 4.53. The second-order valence-electron chi connectivity index (χ2n) is 3.95. The molecule has 1 aliphatic rings. The van der Waals surface area contributed by atoms with Crippen LogP contribution in [0.25, 0.3) is 0 Å². The highest BCUT2D eigenvalue weighted by Gasteiger charge is 2.18. The number of nitrogens with zero attached hydrogens (tertiary/aromatic N) is 2. The van der Waals surface area contributed by atoms with Crippen LogP contribution in [0.3, 0.4) is 0 Å². The van der Waals surface area contributed by atoms with Gasteiger partial charge in [-0.05, 0) is 32.1 Å². The average molecular weight is 191 g/mol. The van der Waals surface area contributed by atoms with Gasteiger partial charge in [-0.25, -0.2) is 0 Å². The molecule has 1 aliphatic heterocycles. The van der Waals surface area contributed by atoms with Crippen molar-refractivity contribution in [3.05, 3.63) is 30.1 Å². The molecule has 1 aromatic rings. The predicted molar refractivity (Wildman–Crippen MR) is 57.0 cm³/mol. The molecule has 76 valence electrons. The highest BCUT2D eigenvalue weighted by molar-refractivity contribution is 5.03. The van der Waals surface area contributed by atoms with E-state index >= 15 is 0 Å². The Labute approximate surface area is 85.1 Å². The lowest BCUT2D eigenvalue weighted by Gasteiger charge is -2.11. The van der Waals surface area contributed by atoms with Crippen molar-refractivity contribution in [3.63, 3.8) is 0 Å². The third-order valence-corrected chi connectivity index (χ3v) is 2.69. The second-order valence-corrected chi connectivity index (χ2v) is 3.95. The van der Waals surface area contributed by atoms with Gasteiger partial charge < -0.3 is 10.2 Å². The first-order valence-corrected chi connectivity index (χ1v) is 5.16. The molecule has 14 heavy (non-hydrogen) atoms. The molecule has 1 aromatic heterocycles. The van der Waals surface area contributed by atoms with E-state index in [0.717, 1.165) is 18.8 Å². The third-order valence-electron chi connectivity index (χ3n) is 2.69. The molecule has 2 heterocycles. The summed E-state index contributed by atoms with van der Waals surface area (Å²) >= 11 is 0. The largest absolute Gasteiger partial charge is 0.307 e. The Hall–Kier alpha value is -0.930. The number of likely N-dealkylation sites (N-methyl/N-ethyl adjacent to an activating group) is 1. The molecule has 3 nitrogen and oxygen atoms in total. The zero-order valence-corrected chi connectivity index (χ0v) is 8.61. The standard InChI is InChI=1S/C11H17N3/c1-14-7-5-11(9-14)13-8-10-4-2-3-6-12-10/h2-4,6,11,13H,5,7-9H2,1H3/t11-/m1/s1. The molecule has 0 aromatic carbocycles. The average Bonchev–Trinajstić information content (AvgIpc) is 2.63. The van der Waals surface area contributed by atoms with Gasteiger partial charge in [0.05, 0.1) is 5.69 Å². The minimum Gasteiger partial charge on any atom is -0.307 e. The van der Waals surface area contributed by atoms with E-state index in [-0.39, 0.29) is 0 Å². The topological polar surface area (TPSA) is 28.2 Å². The van der Waals surface area contributed by atoms with Gasteiger partial charge in [0.1, 0.15) is 0 Å². The summed E-state index contributed by atoms with van der Waals surface area (Å²) in [5.41, 5.74) is 1.13. The minimum absolute atomic E-state index is 0.641. The smallest absolute Gasteiger partial charge is 0.0541 e. The minimum atomic E-state index is 0.641. The van der Waals surface area contributed by atoms with Crippen LogP contribution in [0, 0.1) is 0 Å². The van der Waals surface area contributed by atoms with Crippen LogP contribution >= 0.6 is 0 Å². The zero-order valence-electron chi connectivity index (χ0n) is 8.61. The van der Waals surface area contributed by atoms with Crippen molar-refractivity contribution in [2.24, 2.45) is 0 Å². The first kappa shape index (κ1) is 9.62. The van der Waals surface area contributed by atoms with Crippen LogP contribution in [0.1, 0.15) is 12.1 Å². The van der Waals surface area contributed by atoms with Gasteiger partial charge in [0.25, 0.3) is 0 Å². The molecule has 0 radical (unpaired) electrons. The molecule has 1 fully saturated rings. The van der Waals surface area contributed by atoms with Crippen molar-refractivity contribution in [2.75, 3.05) is 20.1 Å². The predicted octanol–water partition coefficient (Wildman–Crippen LogP) is 0.875. The Morgan fingerprint density at radius 1 is 1.57 bits per heavy atom. The van der Waals surface area contributed by atoms with Crippen molar-refractivity contribution >= 4 is 0 Å². The van der Waals surface area contributed by atoms with Crippen LogP contribution in [0.2, 0.25) is 0 Å². The van der Waals surface area contributed by atoms with Crippen molar-refractivity contribution < 1.29 is 0 Å². The SMILES string of the molecule is CN1CC[C@@H](NCc2ccccn2)C1. The summed E-state index contributed by atoms with van der Waals surface area (Å²) in [5.74, 6) is 0. The summed E-state index contributed by atoms with van der Waals surface area (Å²) < 4.78 is 0. The molecule has 0 spiro atoms. The summed E-state index contributed by atoms with van der Waals surface area (Å²) in [5, 5.41) is 3.52. The Morgan fingerprint density at radius 2 is 2.50 bits per heavy atom. The number of pyridine rings is 1. The van der Waals surface area contributed by atoms with E-state index in [0.29, 0.717) is 6.04 Å². The molecule has 0 bridgehead atoms. The monoisotopic (exact) mass is 191 g/mol. The van der Waals surface area contributed by atoms with Crippen LogP contribution < -0.4 is 5.32 Å². The highest BCUT2D eigenvalue weighted by Crippen LogP contribution is 2.06. The fourth-order valence-corrected chi connectivity index (χ4v) is 1.85. The maximum Gasteiger partial charge on any atom is 0.0541 e. The van der Waals surface area contributed by atoms with Crippen molar-refractivity contribution in [3.8, 4) is 0 Å². The number of likely N-dealkylation sites (tertiary alicyclic amines) is 1. The van der Waals surface area contributed by atoms with E-state index in [1.54, 1.807) is 0 Å². The summed E-state index contributed by atoms with van der Waals surface area (Å²) in [7, 11) is 2.17. The van der Waals surface area contributed by atoms with Crippen LogP contribution in [-0.4, -0.2) is 36.1 Å². The molecule has 0 aliphatic carbocycles. The summed E-state index contributed by atoms with van der Waals surface area (Å²) in [6.07, 6.45) is 3.10. The summed E-state index contributed by atoms with van der Waals surface area (Å²) in [6.45, 7) is 3.26. The van der Waals surface area contributed by atoms with E-state index in [1.807, 2.05) is 18.3 Å². The van der Waals surface area contributed by atoms with Crippen LogP contribution in [0.4, 0.5) is 0 Å². The van der Waals surface area contributed by atoms with E-state index in [1.165, 1.54) is 13.0 Å². The Kier molecular flexibility index (Phi) is 3.11. The van der Waals surface area contributed by atoms with Gasteiger partial charge in [-0.2, -0.15) is 0 Å². The normalized spacial score (nSPS) is 22.8. The fourth-order valence-electron chi connectivity index (χ4n) is 1.85. The molecular formula is C11H17N3. The van der Waals surface area contributed by atoms with Crippen molar-refractivity contribution in [1.29, 1.82) is 0 Å². The number of hydrogen-bond acceptors (Lipinski definition) is 3. The van der Waals surface area contributed by atoms with E-state index in [4.69, 9.17) is 0 Å². The quantitative estimate of drug-likeness (QED) is 0.768. The van der Waals surface area contributed by atoms with Gasteiger partial charge in [-0.3, -0.25) is 4.98 Å². The highest BCUT2D eigenvalue weighted by atomic mass is 15.2. The number of hydrogen-bond donors (Lipinski definition) is 1. The molecular weight excluding hydrogens is 174 g/mol. The Bertz CT molecular complexity index is 273. The van der Waals surface area contributed by atoms with Gasteiger partial charge in [-0.15, -0.1) is 0 Å². The van der Waals surface area contributed by atoms with Crippen molar-refractivity contribution in [1.82, 2.24) is 15.2 Å². The molecule has 2 rings (SSSR count). The first-order valence-electron chi connectivity index (χ1n) is 5.16. The van der Waals surface area contributed by atoms with Gasteiger partial charge in [-0.1, -0.05) is 6.07 Å². The fraction of sp³-hybridized carbons (Fsp3) is 0.545. The van der Waals surface area contributed by atoms with Gasteiger partial charge in [0, 0.05) is 25.3 Å². The van der Waals surface area contributed by atoms with Crippen LogP contribution in [0.5, 0.6) is 0 Å². The van der Waals surface area contributed by atoms with Gasteiger partial charge in [0.15, 0.2) is 0 Å². The van der Waals surface area contributed by atoms with E-state index in [9.17, 15) is 0 Å². The van der Waals surface area contributed by atoms with E-state index < -0.39 is 0 Å². The Morgan fingerprint density at radius 3 is 3.14 bits per heavy atom. The molecule has 1 N–H and O–H groups in total.